The van der Waals surface area contributed by atoms with Gasteiger partial charge in [-0.3, -0.25) is 4.79 Å². The van der Waals surface area contributed by atoms with E-state index in [0.717, 1.165) is 17.8 Å². The molecule has 8 heteroatoms. The highest BCUT2D eigenvalue weighted by molar-refractivity contribution is 6.03. The number of nitrogens with zero attached hydrogens (tertiary/aromatic N) is 2. The standard InChI is InChI=1S/C18H13F3N4O/c19-18(20,21)13-5-4-8-15(9-13)24-16(26)12-10-22-17(23-11-12)25-14-6-2-1-3-7-14/h1-11H,(H,24,26)(H,22,23,25). The van der Waals surface area contributed by atoms with Gasteiger partial charge in [-0.1, -0.05) is 24.3 Å². The van der Waals surface area contributed by atoms with Crippen molar-refractivity contribution in [1.29, 1.82) is 0 Å². The Kier molecular flexibility index (Phi) is 4.83. The zero-order valence-electron chi connectivity index (χ0n) is 13.3. The number of nitrogens with one attached hydrogen (secondary N) is 2. The van der Waals surface area contributed by atoms with Crippen LogP contribution in [-0.2, 0) is 6.18 Å². The van der Waals surface area contributed by atoms with Crippen LogP contribution in [0.4, 0.5) is 30.5 Å². The molecule has 0 atom stereocenters. The lowest BCUT2D eigenvalue weighted by atomic mass is 10.2. The van der Waals surface area contributed by atoms with Gasteiger partial charge in [0.2, 0.25) is 5.95 Å². The van der Waals surface area contributed by atoms with Crippen LogP contribution < -0.4 is 10.6 Å². The molecule has 0 bridgehead atoms. The first kappa shape index (κ1) is 17.4. The number of carbonyl (C=O) groups excluding carboxylic acids is 1. The Labute approximate surface area is 146 Å². The number of rotatable bonds is 4. The summed E-state index contributed by atoms with van der Waals surface area (Å²) in [6, 6.07) is 13.6. The number of para-hydroxylation sites is 1. The van der Waals surface area contributed by atoms with Crippen molar-refractivity contribution >= 4 is 23.2 Å². The van der Waals surface area contributed by atoms with E-state index < -0.39 is 17.6 Å². The summed E-state index contributed by atoms with van der Waals surface area (Å²) in [5.41, 5.74) is 0.111. The summed E-state index contributed by atoms with van der Waals surface area (Å²) in [7, 11) is 0. The van der Waals surface area contributed by atoms with E-state index in [1.165, 1.54) is 24.5 Å². The summed E-state index contributed by atoms with van der Waals surface area (Å²) in [6.07, 6.45) is -1.89. The molecule has 3 aromatic rings. The molecule has 5 nitrogen and oxygen atoms in total. The minimum Gasteiger partial charge on any atom is -0.324 e. The predicted octanol–water partition coefficient (Wildman–Crippen LogP) is 4.49. The zero-order chi connectivity index (χ0) is 18.6. The molecule has 0 aliphatic heterocycles. The lowest BCUT2D eigenvalue weighted by molar-refractivity contribution is -0.137. The molecule has 26 heavy (non-hydrogen) atoms. The van der Waals surface area contributed by atoms with Crippen molar-refractivity contribution in [3.63, 3.8) is 0 Å². The Balaban J connectivity index is 1.69. The van der Waals surface area contributed by atoms with Crippen LogP contribution in [0.15, 0.2) is 67.0 Å². The van der Waals surface area contributed by atoms with Crippen molar-refractivity contribution in [1.82, 2.24) is 9.97 Å². The van der Waals surface area contributed by atoms with Gasteiger partial charge in [0.15, 0.2) is 0 Å². The van der Waals surface area contributed by atoms with Gasteiger partial charge in [0.05, 0.1) is 11.1 Å². The molecule has 0 saturated carbocycles. The van der Waals surface area contributed by atoms with Crippen LogP contribution in [0.2, 0.25) is 0 Å². The lowest BCUT2D eigenvalue weighted by Crippen LogP contribution is -2.14. The number of aromatic nitrogens is 2. The van der Waals surface area contributed by atoms with Gasteiger partial charge in [-0.25, -0.2) is 9.97 Å². The maximum Gasteiger partial charge on any atom is 0.416 e. The topological polar surface area (TPSA) is 66.9 Å². The van der Waals surface area contributed by atoms with Crippen molar-refractivity contribution in [2.24, 2.45) is 0 Å². The fourth-order valence-electron chi connectivity index (χ4n) is 2.14. The van der Waals surface area contributed by atoms with Gasteiger partial charge in [-0.15, -0.1) is 0 Å². The smallest absolute Gasteiger partial charge is 0.324 e. The molecule has 1 amide bonds. The first-order valence-corrected chi connectivity index (χ1v) is 7.54. The molecule has 0 spiro atoms. The van der Waals surface area contributed by atoms with Crippen LogP contribution in [-0.4, -0.2) is 15.9 Å². The SMILES string of the molecule is O=C(Nc1cccc(C(F)(F)F)c1)c1cnc(Nc2ccccc2)nc1. The van der Waals surface area contributed by atoms with Crippen LogP contribution in [0.3, 0.4) is 0 Å². The van der Waals surface area contributed by atoms with Crippen molar-refractivity contribution in [2.75, 3.05) is 10.6 Å². The van der Waals surface area contributed by atoms with Crippen LogP contribution >= 0.6 is 0 Å². The number of hydrogen-bond donors (Lipinski definition) is 2. The largest absolute Gasteiger partial charge is 0.416 e. The van der Waals surface area contributed by atoms with Crippen molar-refractivity contribution in [3.05, 3.63) is 78.1 Å². The van der Waals surface area contributed by atoms with E-state index >= 15 is 0 Å². The Morgan fingerprint density at radius 1 is 0.885 bits per heavy atom. The fraction of sp³-hybridized carbons (Fsp3) is 0.0556. The molecule has 132 valence electrons. The normalized spacial score (nSPS) is 11.0. The Bertz CT molecular complexity index is 896. The number of carbonyl (C=O) groups is 1. The van der Waals surface area contributed by atoms with Crippen LogP contribution in [0, 0.1) is 0 Å². The average Bonchev–Trinajstić information content (AvgIpc) is 2.63. The summed E-state index contributed by atoms with van der Waals surface area (Å²) in [5, 5.41) is 5.37. The molecule has 0 aliphatic carbocycles. The fourth-order valence-corrected chi connectivity index (χ4v) is 2.14. The number of amides is 1. The molecule has 0 unspecified atom stereocenters. The third-order valence-corrected chi connectivity index (χ3v) is 3.39. The molecule has 3 rings (SSSR count). The number of hydrogen-bond acceptors (Lipinski definition) is 4. The van der Waals surface area contributed by atoms with Gasteiger partial charge >= 0.3 is 6.18 Å². The number of benzene rings is 2. The first-order valence-electron chi connectivity index (χ1n) is 7.54. The number of halogens is 3. The third kappa shape index (κ3) is 4.35. The van der Waals surface area contributed by atoms with Gasteiger partial charge in [-0.05, 0) is 30.3 Å². The Morgan fingerprint density at radius 2 is 1.54 bits per heavy atom. The zero-order valence-corrected chi connectivity index (χ0v) is 13.3. The molecule has 1 heterocycles. The van der Waals surface area contributed by atoms with Gasteiger partial charge in [0, 0.05) is 23.8 Å². The van der Waals surface area contributed by atoms with Crippen LogP contribution in [0.1, 0.15) is 15.9 Å². The molecule has 2 N–H and O–H groups in total. The van der Waals surface area contributed by atoms with E-state index in [1.807, 2.05) is 30.3 Å². The molecule has 0 saturated heterocycles. The van der Waals surface area contributed by atoms with Gasteiger partial charge in [0.1, 0.15) is 0 Å². The molecule has 1 aromatic heterocycles. The minimum absolute atomic E-state index is 0.0383. The van der Waals surface area contributed by atoms with E-state index in [9.17, 15) is 18.0 Å². The Hall–Kier alpha value is -3.42. The lowest BCUT2D eigenvalue weighted by Gasteiger charge is -2.10. The first-order chi connectivity index (χ1) is 12.4. The summed E-state index contributed by atoms with van der Waals surface area (Å²) >= 11 is 0. The maximum absolute atomic E-state index is 12.7. The van der Waals surface area contributed by atoms with E-state index in [2.05, 4.69) is 20.6 Å². The summed E-state index contributed by atoms with van der Waals surface area (Å²) in [6.45, 7) is 0. The molecular formula is C18H13F3N4O. The molecular weight excluding hydrogens is 345 g/mol. The third-order valence-electron chi connectivity index (χ3n) is 3.39. The summed E-state index contributed by atoms with van der Waals surface area (Å²) in [4.78, 5) is 20.2. The van der Waals surface area contributed by atoms with Crippen molar-refractivity contribution in [2.45, 2.75) is 6.18 Å². The second-order valence-electron chi connectivity index (χ2n) is 5.32. The van der Waals surface area contributed by atoms with E-state index in [0.29, 0.717) is 5.95 Å². The molecule has 0 aliphatic rings. The average molecular weight is 358 g/mol. The number of alkyl halides is 3. The molecule has 0 radical (unpaired) electrons. The second-order valence-corrected chi connectivity index (χ2v) is 5.32. The van der Waals surface area contributed by atoms with E-state index in [-0.39, 0.29) is 11.3 Å². The molecule has 0 fully saturated rings. The van der Waals surface area contributed by atoms with Gasteiger partial charge in [-0.2, -0.15) is 13.2 Å². The number of anilines is 3. The minimum atomic E-state index is -4.48. The Morgan fingerprint density at radius 3 is 2.19 bits per heavy atom. The predicted molar refractivity (Wildman–Crippen MR) is 91.2 cm³/mol. The van der Waals surface area contributed by atoms with E-state index in [4.69, 9.17) is 0 Å². The van der Waals surface area contributed by atoms with Gasteiger partial charge < -0.3 is 10.6 Å². The summed E-state index contributed by atoms with van der Waals surface area (Å²) in [5.74, 6) is -0.303. The van der Waals surface area contributed by atoms with E-state index in [1.54, 1.807) is 0 Å². The highest BCUT2D eigenvalue weighted by atomic mass is 19.4. The van der Waals surface area contributed by atoms with Crippen molar-refractivity contribution in [3.8, 4) is 0 Å². The monoisotopic (exact) mass is 358 g/mol. The highest BCUT2D eigenvalue weighted by Gasteiger charge is 2.30. The quantitative estimate of drug-likeness (QED) is 0.721. The van der Waals surface area contributed by atoms with Crippen molar-refractivity contribution < 1.29 is 18.0 Å². The summed E-state index contributed by atoms with van der Waals surface area (Å²) < 4.78 is 38.1. The second kappa shape index (κ2) is 7.22. The molecule has 2 aromatic carbocycles. The van der Waals surface area contributed by atoms with Crippen LogP contribution in [0.25, 0.3) is 0 Å². The van der Waals surface area contributed by atoms with Crippen LogP contribution in [0.5, 0.6) is 0 Å². The highest BCUT2D eigenvalue weighted by Crippen LogP contribution is 2.30. The van der Waals surface area contributed by atoms with Gasteiger partial charge in [0.25, 0.3) is 5.91 Å². The maximum atomic E-state index is 12.7.